The third-order valence-electron chi connectivity index (χ3n) is 5.41. The number of aromatic nitrogens is 7. The summed E-state index contributed by atoms with van der Waals surface area (Å²) in [6.07, 6.45) is 1.62. The zero-order valence-electron chi connectivity index (χ0n) is 19.2. The molecule has 0 unspecified atom stereocenters. The molecule has 2 aromatic carbocycles. The minimum atomic E-state index is -3.92. The molecule has 0 fully saturated rings. The number of H-pyrrole nitrogens is 1. The Hall–Kier alpha value is -4.23. The van der Waals surface area contributed by atoms with Crippen molar-refractivity contribution in [2.75, 3.05) is 4.72 Å². The number of fused-ring (bicyclic) bond motifs is 1. The number of sulfonamides is 1. The van der Waals surface area contributed by atoms with Gasteiger partial charge in [0, 0.05) is 22.5 Å². The fraction of sp³-hybridized carbons (Fsp3) is 0.130. The molecule has 0 aliphatic rings. The molecular weight excluding hydrogens is 500 g/mol. The maximum Gasteiger partial charge on any atom is 0.275 e. The van der Waals surface area contributed by atoms with Gasteiger partial charge in [-0.2, -0.15) is 10.2 Å². The number of hydrogen-bond donors (Lipinski definition) is 2. The van der Waals surface area contributed by atoms with E-state index in [0.29, 0.717) is 28.3 Å². The van der Waals surface area contributed by atoms with Crippen molar-refractivity contribution in [1.82, 2.24) is 34.5 Å². The first-order chi connectivity index (χ1) is 17.2. The lowest BCUT2D eigenvalue weighted by Gasteiger charge is -2.11. The van der Waals surface area contributed by atoms with Crippen LogP contribution in [-0.4, -0.2) is 42.9 Å². The van der Waals surface area contributed by atoms with Gasteiger partial charge in [-0.05, 0) is 62.5 Å². The summed E-state index contributed by atoms with van der Waals surface area (Å²) in [7, 11) is -3.92. The molecule has 0 atom stereocenters. The van der Waals surface area contributed by atoms with Crippen LogP contribution in [0.4, 0.5) is 5.95 Å². The molecule has 11 nitrogen and oxygen atoms in total. The van der Waals surface area contributed by atoms with E-state index in [1.165, 1.54) is 16.8 Å². The summed E-state index contributed by atoms with van der Waals surface area (Å²) in [6, 6.07) is 15.0. The molecule has 5 aromatic rings. The quantitative estimate of drug-likeness (QED) is 0.326. The maximum absolute atomic E-state index is 12.9. The Morgan fingerprint density at radius 1 is 1.03 bits per heavy atom. The van der Waals surface area contributed by atoms with E-state index in [2.05, 4.69) is 30.0 Å². The normalized spacial score (nSPS) is 11.6. The Labute approximate surface area is 210 Å². The molecule has 0 aliphatic carbocycles. The van der Waals surface area contributed by atoms with Crippen molar-refractivity contribution in [3.8, 4) is 5.69 Å². The van der Waals surface area contributed by atoms with Crippen LogP contribution in [-0.2, 0) is 16.6 Å². The SMILES string of the molecule is Cc1cc(C)nc(NS(=O)(=O)c2ccc(-n3c(Cn4ncc5ccccc5c4=O)n[nH]c3=S)cc2)n1. The number of benzene rings is 2. The van der Waals surface area contributed by atoms with Gasteiger partial charge < -0.3 is 0 Å². The number of aryl methyl sites for hydroxylation is 2. The molecule has 3 aromatic heterocycles. The van der Waals surface area contributed by atoms with Crippen LogP contribution >= 0.6 is 12.2 Å². The molecular formula is C23H20N8O3S2. The Morgan fingerprint density at radius 3 is 2.44 bits per heavy atom. The summed E-state index contributed by atoms with van der Waals surface area (Å²) in [5.41, 5.74) is 1.61. The average molecular weight is 521 g/mol. The van der Waals surface area contributed by atoms with Gasteiger partial charge in [-0.1, -0.05) is 18.2 Å². The van der Waals surface area contributed by atoms with Crippen LogP contribution in [0.3, 0.4) is 0 Å². The maximum atomic E-state index is 12.9. The molecule has 0 saturated heterocycles. The Balaban J connectivity index is 1.45. The third-order valence-corrected chi connectivity index (χ3v) is 7.03. The van der Waals surface area contributed by atoms with Crippen molar-refractivity contribution >= 4 is 39.0 Å². The van der Waals surface area contributed by atoms with Gasteiger partial charge in [0.15, 0.2) is 10.6 Å². The molecule has 0 saturated carbocycles. The van der Waals surface area contributed by atoms with Gasteiger partial charge in [0.25, 0.3) is 15.6 Å². The van der Waals surface area contributed by atoms with Gasteiger partial charge in [-0.3, -0.25) is 14.5 Å². The predicted molar refractivity (Wildman–Crippen MR) is 136 cm³/mol. The molecule has 5 rings (SSSR count). The van der Waals surface area contributed by atoms with Gasteiger partial charge in [-0.25, -0.2) is 27.8 Å². The number of nitrogens with zero attached hydrogens (tertiary/aromatic N) is 6. The third kappa shape index (κ3) is 4.53. The fourth-order valence-corrected chi connectivity index (χ4v) is 5.00. The lowest BCUT2D eigenvalue weighted by Crippen LogP contribution is -2.24. The van der Waals surface area contributed by atoms with Crippen LogP contribution in [0.15, 0.2) is 70.5 Å². The van der Waals surface area contributed by atoms with Gasteiger partial charge in [-0.15, -0.1) is 0 Å². The van der Waals surface area contributed by atoms with Crippen LogP contribution in [0.1, 0.15) is 17.2 Å². The standard InChI is InChI=1S/C23H20N8O3S2/c1-14-11-15(2)26-22(25-14)29-36(33,34)18-9-7-17(8-10-18)31-20(27-28-23(31)35)13-30-21(32)19-6-4-3-5-16(19)12-24-30/h3-12H,13H2,1-2H3,(H,28,35)(H,25,26,29). The minimum absolute atomic E-state index is 0.00393. The lowest BCUT2D eigenvalue weighted by atomic mass is 10.2. The smallest absolute Gasteiger partial charge is 0.271 e. The first-order valence-electron chi connectivity index (χ1n) is 10.8. The summed E-state index contributed by atoms with van der Waals surface area (Å²) < 4.78 is 31.3. The monoisotopic (exact) mass is 520 g/mol. The minimum Gasteiger partial charge on any atom is -0.271 e. The molecule has 0 aliphatic heterocycles. The van der Waals surface area contributed by atoms with Gasteiger partial charge in [0.2, 0.25) is 5.95 Å². The highest BCUT2D eigenvalue weighted by molar-refractivity contribution is 7.92. The highest BCUT2D eigenvalue weighted by Gasteiger charge is 2.18. The number of nitrogens with one attached hydrogen (secondary N) is 2. The van der Waals surface area contributed by atoms with Crippen LogP contribution in [0.2, 0.25) is 0 Å². The van der Waals surface area contributed by atoms with Crippen LogP contribution in [0, 0.1) is 18.6 Å². The molecule has 36 heavy (non-hydrogen) atoms. The number of aromatic amines is 1. The van der Waals surface area contributed by atoms with E-state index in [4.69, 9.17) is 12.2 Å². The molecule has 0 spiro atoms. The van der Waals surface area contributed by atoms with Gasteiger partial charge in [0.1, 0.15) is 6.54 Å². The van der Waals surface area contributed by atoms with Crippen LogP contribution in [0.25, 0.3) is 16.5 Å². The second kappa shape index (κ2) is 9.09. The Kier molecular flexibility index (Phi) is 5.94. The van der Waals surface area contributed by atoms with Crippen molar-refractivity contribution in [1.29, 1.82) is 0 Å². The van der Waals surface area contributed by atoms with Crippen LogP contribution in [0.5, 0.6) is 0 Å². The Bertz CT molecular complexity index is 1800. The van der Waals surface area contributed by atoms with Crippen molar-refractivity contribution in [2.24, 2.45) is 0 Å². The second-order valence-electron chi connectivity index (χ2n) is 8.05. The van der Waals surface area contributed by atoms with Crippen molar-refractivity contribution in [2.45, 2.75) is 25.3 Å². The van der Waals surface area contributed by atoms with Crippen LogP contribution < -0.4 is 10.3 Å². The van der Waals surface area contributed by atoms with Crippen molar-refractivity contribution in [3.05, 3.63) is 93.1 Å². The second-order valence-corrected chi connectivity index (χ2v) is 10.1. The first-order valence-corrected chi connectivity index (χ1v) is 12.7. The topological polar surface area (TPSA) is 140 Å². The molecule has 13 heteroatoms. The zero-order valence-corrected chi connectivity index (χ0v) is 20.8. The van der Waals surface area contributed by atoms with E-state index in [9.17, 15) is 13.2 Å². The molecule has 2 N–H and O–H groups in total. The average Bonchev–Trinajstić information content (AvgIpc) is 3.20. The molecule has 0 radical (unpaired) electrons. The fourth-order valence-electron chi connectivity index (χ4n) is 3.80. The van der Waals surface area contributed by atoms with E-state index in [0.717, 1.165) is 5.39 Å². The van der Waals surface area contributed by atoms with Gasteiger partial charge in [0.05, 0.1) is 16.5 Å². The zero-order chi connectivity index (χ0) is 25.4. The summed E-state index contributed by atoms with van der Waals surface area (Å²) in [4.78, 5) is 21.2. The van der Waals surface area contributed by atoms with Gasteiger partial charge >= 0.3 is 0 Å². The largest absolute Gasteiger partial charge is 0.275 e. The first kappa shape index (κ1) is 23.5. The number of hydrogen-bond acceptors (Lipinski definition) is 8. The van der Waals surface area contributed by atoms with Crippen molar-refractivity contribution < 1.29 is 8.42 Å². The van der Waals surface area contributed by atoms with E-state index < -0.39 is 10.0 Å². The van der Waals surface area contributed by atoms with Crippen molar-refractivity contribution in [3.63, 3.8) is 0 Å². The predicted octanol–water partition coefficient (Wildman–Crippen LogP) is 2.90. The molecule has 182 valence electrons. The highest BCUT2D eigenvalue weighted by Crippen LogP contribution is 2.18. The summed E-state index contributed by atoms with van der Waals surface area (Å²) in [5.74, 6) is 0.437. The number of anilines is 1. The molecule has 0 amide bonds. The molecule has 3 heterocycles. The summed E-state index contributed by atoms with van der Waals surface area (Å²) in [5, 5.41) is 12.5. The number of rotatable bonds is 6. The van der Waals surface area contributed by atoms with E-state index in [-0.39, 0.29) is 27.7 Å². The van der Waals surface area contributed by atoms with E-state index >= 15 is 0 Å². The molecule has 0 bridgehead atoms. The summed E-state index contributed by atoms with van der Waals surface area (Å²) >= 11 is 5.39. The highest BCUT2D eigenvalue weighted by atomic mass is 32.2. The lowest BCUT2D eigenvalue weighted by molar-refractivity contribution is 0.600. The van der Waals surface area contributed by atoms with E-state index in [1.807, 2.05) is 12.1 Å². The Morgan fingerprint density at radius 2 is 1.72 bits per heavy atom. The summed E-state index contributed by atoms with van der Waals surface area (Å²) in [6.45, 7) is 3.58. The van der Waals surface area contributed by atoms with E-state index in [1.54, 1.807) is 54.9 Å².